The molecular formula is C15H22N4. The van der Waals surface area contributed by atoms with E-state index in [2.05, 4.69) is 30.0 Å². The van der Waals surface area contributed by atoms with Crippen molar-refractivity contribution in [2.45, 2.75) is 12.8 Å². The Bertz CT molecular complexity index is 468. The Hall–Kier alpha value is -1.73. The summed E-state index contributed by atoms with van der Waals surface area (Å²) in [5.41, 5.74) is 8.50. The molecule has 1 saturated heterocycles. The molecule has 0 radical (unpaired) electrons. The van der Waals surface area contributed by atoms with E-state index in [-0.39, 0.29) is 0 Å². The molecule has 4 nitrogen and oxygen atoms in total. The van der Waals surface area contributed by atoms with Crippen molar-refractivity contribution in [3.63, 3.8) is 0 Å². The van der Waals surface area contributed by atoms with Crippen LogP contribution in [0.15, 0.2) is 18.2 Å². The molecule has 0 atom stereocenters. The van der Waals surface area contributed by atoms with Gasteiger partial charge in [0.2, 0.25) is 0 Å². The van der Waals surface area contributed by atoms with E-state index in [4.69, 9.17) is 11.0 Å². The first-order valence-electron chi connectivity index (χ1n) is 6.79. The number of rotatable bonds is 3. The Balaban J connectivity index is 2.03. The van der Waals surface area contributed by atoms with Crippen molar-refractivity contribution in [3.8, 4) is 6.07 Å². The summed E-state index contributed by atoms with van der Waals surface area (Å²) in [5.74, 6) is 0.770. The van der Waals surface area contributed by atoms with Gasteiger partial charge >= 0.3 is 0 Å². The van der Waals surface area contributed by atoms with Gasteiger partial charge in [-0.3, -0.25) is 0 Å². The molecule has 1 aromatic carbocycles. The predicted octanol–water partition coefficient (Wildman–Crippen LogP) is 1.92. The van der Waals surface area contributed by atoms with E-state index in [0.717, 1.165) is 36.9 Å². The van der Waals surface area contributed by atoms with Crippen molar-refractivity contribution in [1.82, 2.24) is 4.90 Å². The van der Waals surface area contributed by atoms with Gasteiger partial charge in [-0.1, -0.05) is 0 Å². The van der Waals surface area contributed by atoms with Crippen molar-refractivity contribution in [3.05, 3.63) is 23.8 Å². The van der Waals surface area contributed by atoms with Crippen LogP contribution in [0.3, 0.4) is 0 Å². The van der Waals surface area contributed by atoms with Crippen molar-refractivity contribution < 1.29 is 0 Å². The third-order valence-electron chi connectivity index (χ3n) is 3.74. The lowest BCUT2D eigenvalue weighted by molar-refractivity contribution is 0.285. The maximum absolute atomic E-state index is 8.98. The van der Waals surface area contributed by atoms with Crippen LogP contribution in [-0.2, 0) is 0 Å². The monoisotopic (exact) mass is 258 g/mol. The number of piperidine rings is 1. The molecular weight excluding hydrogens is 236 g/mol. The van der Waals surface area contributed by atoms with Gasteiger partial charge in [0.25, 0.3) is 0 Å². The smallest absolute Gasteiger partial charge is 0.0992 e. The van der Waals surface area contributed by atoms with Crippen molar-refractivity contribution in [2.24, 2.45) is 5.92 Å². The van der Waals surface area contributed by atoms with Crippen LogP contribution in [0.2, 0.25) is 0 Å². The van der Waals surface area contributed by atoms with E-state index >= 15 is 0 Å². The Labute approximate surface area is 115 Å². The van der Waals surface area contributed by atoms with Crippen LogP contribution in [0.5, 0.6) is 0 Å². The number of hydrogen-bond donors (Lipinski definition) is 1. The third kappa shape index (κ3) is 3.39. The fourth-order valence-electron chi connectivity index (χ4n) is 2.76. The van der Waals surface area contributed by atoms with Gasteiger partial charge in [0, 0.05) is 19.6 Å². The predicted molar refractivity (Wildman–Crippen MR) is 79.1 cm³/mol. The largest absolute Gasteiger partial charge is 0.397 e. The lowest BCUT2D eigenvalue weighted by atomic mass is 9.95. The summed E-state index contributed by atoms with van der Waals surface area (Å²) in [6.07, 6.45) is 2.38. The van der Waals surface area contributed by atoms with Crippen molar-refractivity contribution >= 4 is 11.4 Å². The van der Waals surface area contributed by atoms with Crippen LogP contribution in [0.4, 0.5) is 11.4 Å². The van der Waals surface area contributed by atoms with Gasteiger partial charge in [-0.2, -0.15) is 5.26 Å². The van der Waals surface area contributed by atoms with E-state index in [1.54, 1.807) is 6.07 Å². The summed E-state index contributed by atoms with van der Waals surface area (Å²) < 4.78 is 0. The van der Waals surface area contributed by atoms with Gasteiger partial charge in [-0.05, 0) is 51.1 Å². The first-order valence-corrected chi connectivity index (χ1v) is 6.79. The first-order chi connectivity index (χ1) is 9.10. The molecule has 102 valence electrons. The number of benzene rings is 1. The molecule has 0 bridgehead atoms. The van der Waals surface area contributed by atoms with E-state index in [1.165, 1.54) is 12.8 Å². The van der Waals surface area contributed by atoms with E-state index in [9.17, 15) is 0 Å². The zero-order chi connectivity index (χ0) is 13.8. The number of nitrogens with zero attached hydrogens (tertiary/aromatic N) is 3. The summed E-state index contributed by atoms with van der Waals surface area (Å²) in [6.45, 7) is 3.21. The fourth-order valence-corrected chi connectivity index (χ4v) is 2.76. The number of nitrogen functional groups attached to an aromatic ring is 1. The summed E-state index contributed by atoms with van der Waals surface area (Å²) in [4.78, 5) is 4.56. The Kier molecular flexibility index (Phi) is 4.28. The molecule has 1 aliphatic heterocycles. The standard InChI is InChI=1S/C15H22N4/c1-18(2)11-12-5-7-19(8-6-12)15-9-13(10-16)3-4-14(15)17/h3-4,9,12H,5-8,11,17H2,1-2H3. The Morgan fingerprint density at radius 1 is 1.37 bits per heavy atom. The second-order valence-corrected chi connectivity index (χ2v) is 5.58. The highest BCUT2D eigenvalue weighted by Gasteiger charge is 2.21. The minimum Gasteiger partial charge on any atom is -0.397 e. The molecule has 0 unspecified atom stereocenters. The second-order valence-electron chi connectivity index (χ2n) is 5.58. The van der Waals surface area contributed by atoms with Crippen LogP contribution in [-0.4, -0.2) is 38.6 Å². The average molecular weight is 258 g/mol. The van der Waals surface area contributed by atoms with Crippen LogP contribution in [0, 0.1) is 17.2 Å². The summed E-state index contributed by atoms with van der Waals surface area (Å²) in [6, 6.07) is 7.69. The molecule has 2 N–H and O–H groups in total. The van der Waals surface area contributed by atoms with Crippen LogP contribution >= 0.6 is 0 Å². The zero-order valence-corrected chi connectivity index (χ0v) is 11.8. The van der Waals surface area contributed by atoms with Crippen LogP contribution in [0.1, 0.15) is 18.4 Å². The lowest BCUT2D eigenvalue weighted by Gasteiger charge is -2.35. The van der Waals surface area contributed by atoms with Gasteiger partial charge in [0.05, 0.1) is 23.0 Å². The SMILES string of the molecule is CN(C)CC1CCN(c2cc(C#N)ccc2N)CC1. The normalized spacial score (nSPS) is 16.6. The van der Waals surface area contributed by atoms with Crippen molar-refractivity contribution in [2.75, 3.05) is 44.4 Å². The molecule has 1 aliphatic rings. The Morgan fingerprint density at radius 3 is 2.63 bits per heavy atom. The van der Waals surface area contributed by atoms with Crippen LogP contribution in [0.25, 0.3) is 0 Å². The van der Waals surface area contributed by atoms with Crippen LogP contribution < -0.4 is 10.6 Å². The quantitative estimate of drug-likeness (QED) is 0.842. The van der Waals surface area contributed by atoms with Gasteiger partial charge in [-0.15, -0.1) is 0 Å². The first kappa shape index (κ1) is 13.7. The van der Waals surface area contributed by atoms with Crippen molar-refractivity contribution in [1.29, 1.82) is 5.26 Å². The third-order valence-corrected chi connectivity index (χ3v) is 3.74. The van der Waals surface area contributed by atoms with Gasteiger partial charge in [-0.25, -0.2) is 0 Å². The Morgan fingerprint density at radius 2 is 2.05 bits per heavy atom. The average Bonchev–Trinajstić information content (AvgIpc) is 2.40. The minimum absolute atomic E-state index is 0.680. The molecule has 4 heteroatoms. The number of nitriles is 1. The van der Waals surface area contributed by atoms with E-state index < -0.39 is 0 Å². The highest BCUT2D eigenvalue weighted by Crippen LogP contribution is 2.29. The maximum Gasteiger partial charge on any atom is 0.0992 e. The number of hydrogen-bond acceptors (Lipinski definition) is 4. The molecule has 0 aromatic heterocycles. The molecule has 19 heavy (non-hydrogen) atoms. The molecule has 1 aromatic rings. The van der Waals surface area contributed by atoms with Gasteiger partial charge in [0.1, 0.15) is 0 Å². The summed E-state index contributed by atoms with van der Waals surface area (Å²) in [5, 5.41) is 8.98. The zero-order valence-electron chi connectivity index (χ0n) is 11.8. The maximum atomic E-state index is 8.98. The summed E-state index contributed by atoms with van der Waals surface area (Å²) >= 11 is 0. The van der Waals surface area contributed by atoms with Gasteiger partial charge in [0.15, 0.2) is 0 Å². The molecule has 1 heterocycles. The van der Waals surface area contributed by atoms with E-state index in [1.807, 2.05) is 12.1 Å². The molecule has 2 rings (SSSR count). The number of nitrogens with two attached hydrogens (primary N) is 1. The fraction of sp³-hybridized carbons (Fsp3) is 0.533. The molecule has 0 saturated carbocycles. The van der Waals surface area contributed by atoms with E-state index in [0.29, 0.717) is 5.56 Å². The molecule has 0 spiro atoms. The van der Waals surface area contributed by atoms with Gasteiger partial charge < -0.3 is 15.5 Å². The lowest BCUT2D eigenvalue weighted by Crippen LogP contribution is -2.37. The molecule has 0 aliphatic carbocycles. The highest BCUT2D eigenvalue weighted by molar-refractivity contribution is 5.69. The minimum atomic E-state index is 0.680. The number of anilines is 2. The topological polar surface area (TPSA) is 56.3 Å². The second kappa shape index (κ2) is 5.94. The molecule has 0 amide bonds. The summed E-state index contributed by atoms with van der Waals surface area (Å²) in [7, 11) is 4.25. The highest BCUT2D eigenvalue weighted by atomic mass is 15.1. The molecule has 1 fully saturated rings.